The molecule has 1 aromatic carbocycles. The summed E-state index contributed by atoms with van der Waals surface area (Å²) in [5, 5.41) is 0. The maximum absolute atomic E-state index is 11.8. The number of carbonyl (C=O) groups excluding carboxylic acids is 2. The van der Waals surface area contributed by atoms with Gasteiger partial charge in [-0.1, -0.05) is 44.2 Å². The zero-order valence-corrected chi connectivity index (χ0v) is 9.51. The van der Waals surface area contributed by atoms with Gasteiger partial charge < -0.3 is 0 Å². The topological polar surface area (TPSA) is 37.4 Å². The van der Waals surface area contributed by atoms with E-state index < -0.39 is 0 Å². The summed E-state index contributed by atoms with van der Waals surface area (Å²) < 4.78 is 0. The zero-order chi connectivity index (χ0) is 11.7. The molecule has 16 heavy (non-hydrogen) atoms. The number of carbonyl (C=O) groups is 2. The molecule has 0 N–H and O–H groups in total. The Morgan fingerprint density at radius 3 is 2.44 bits per heavy atom. The number of benzene rings is 1. The molecule has 0 radical (unpaired) electrons. The number of hydrogen-bond acceptors (Lipinski definition) is 2. The van der Waals surface area contributed by atoms with Crippen molar-refractivity contribution in [3.05, 3.63) is 35.9 Å². The van der Waals surface area contributed by atoms with E-state index in [4.69, 9.17) is 0 Å². The fraction of sp³-hybridized carbons (Fsp3) is 0.385. The van der Waals surface area contributed by atoms with Crippen molar-refractivity contribution in [2.24, 2.45) is 5.92 Å². The van der Waals surface area contributed by atoms with Gasteiger partial charge in [0.2, 0.25) is 11.8 Å². The van der Waals surface area contributed by atoms with E-state index in [1.165, 1.54) is 4.90 Å². The highest BCUT2D eigenvalue weighted by molar-refractivity contribution is 6.01. The van der Waals surface area contributed by atoms with Crippen LogP contribution in [0.3, 0.4) is 0 Å². The van der Waals surface area contributed by atoms with Crippen LogP contribution in [0.25, 0.3) is 0 Å². The second-order valence-corrected chi connectivity index (χ2v) is 4.39. The lowest BCUT2D eigenvalue weighted by Gasteiger charge is -2.39. The van der Waals surface area contributed by atoms with Crippen molar-refractivity contribution in [1.82, 2.24) is 4.90 Å². The summed E-state index contributed by atoms with van der Waals surface area (Å²) >= 11 is 0. The van der Waals surface area contributed by atoms with Crippen LogP contribution in [0.15, 0.2) is 30.3 Å². The summed E-state index contributed by atoms with van der Waals surface area (Å²) in [6.07, 6.45) is 0.447. The smallest absolute Gasteiger partial charge is 0.232 e. The molecule has 0 aromatic heterocycles. The largest absolute Gasteiger partial charge is 0.274 e. The van der Waals surface area contributed by atoms with Gasteiger partial charge in [0, 0.05) is 5.92 Å². The fourth-order valence-corrected chi connectivity index (χ4v) is 1.91. The van der Waals surface area contributed by atoms with Crippen molar-refractivity contribution in [2.75, 3.05) is 0 Å². The van der Waals surface area contributed by atoms with Gasteiger partial charge in [-0.05, 0) is 5.56 Å². The Labute approximate surface area is 95.1 Å². The number of β-lactam (4-membered cyclic amide) rings is 1. The molecule has 2 rings (SSSR count). The van der Waals surface area contributed by atoms with Gasteiger partial charge in [0.05, 0.1) is 12.5 Å². The van der Waals surface area contributed by atoms with Crippen LogP contribution in [-0.2, 0) is 9.59 Å². The van der Waals surface area contributed by atoms with Crippen molar-refractivity contribution >= 4 is 11.8 Å². The first kappa shape index (κ1) is 10.9. The van der Waals surface area contributed by atoms with Crippen molar-refractivity contribution in [3.63, 3.8) is 0 Å². The monoisotopic (exact) mass is 217 g/mol. The van der Waals surface area contributed by atoms with Gasteiger partial charge in [-0.2, -0.15) is 0 Å². The molecule has 0 spiro atoms. The van der Waals surface area contributed by atoms with Crippen LogP contribution in [0.1, 0.15) is 31.9 Å². The number of rotatable bonds is 2. The van der Waals surface area contributed by atoms with Crippen molar-refractivity contribution < 1.29 is 9.59 Å². The fourth-order valence-electron chi connectivity index (χ4n) is 1.91. The van der Waals surface area contributed by atoms with E-state index in [0.29, 0.717) is 6.42 Å². The van der Waals surface area contributed by atoms with Gasteiger partial charge in [0.15, 0.2) is 0 Å². The highest BCUT2D eigenvalue weighted by atomic mass is 16.2. The van der Waals surface area contributed by atoms with E-state index in [2.05, 4.69) is 0 Å². The Bertz CT molecular complexity index is 411. The molecule has 0 bridgehead atoms. The van der Waals surface area contributed by atoms with Crippen LogP contribution in [0, 0.1) is 5.92 Å². The van der Waals surface area contributed by atoms with E-state index in [-0.39, 0.29) is 23.8 Å². The van der Waals surface area contributed by atoms with Crippen molar-refractivity contribution in [2.45, 2.75) is 26.3 Å². The molecular weight excluding hydrogens is 202 g/mol. The second-order valence-electron chi connectivity index (χ2n) is 4.39. The van der Waals surface area contributed by atoms with Gasteiger partial charge in [-0.3, -0.25) is 14.5 Å². The lowest BCUT2D eigenvalue weighted by atomic mass is 9.92. The SMILES string of the molecule is CC(C)C(=O)N1C(=O)C[C@H]1c1ccccc1. The third-order valence-corrected chi connectivity index (χ3v) is 2.86. The Balaban J connectivity index is 2.20. The average molecular weight is 217 g/mol. The third kappa shape index (κ3) is 1.73. The molecule has 3 nitrogen and oxygen atoms in total. The Morgan fingerprint density at radius 2 is 1.94 bits per heavy atom. The Morgan fingerprint density at radius 1 is 1.31 bits per heavy atom. The predicted octanol–water partition coefficient (Wildman–Crippen LogP) is 2.14. The van der Waals surface area contributed by atoms with Gasteiger partial charge in [0.1, 0.15) is 0 Å². The summed E-state index contributed by atoms with van der Waals surface area (Å²) in [6, 6.07) is 9.64. The van der Waals surface area contributed by atoms with Gasteiger partial charge in [-0.15, -0.1) is 0 Å². The molecule has 0 aliphatic carbocycles. The van der Waals surface area contributed by atoms with E-state index in [1.54, 1.807) is 0 Å². The number of likely N-dealkylation sites (tertiary alicyclic amines) is 1. The zero-order valence-electron chi connectivity index (χ0n) is 9.51. The quantitative estimate of drug-likeness (QED) is 0.712. The minimum absolute atomic E-state index is 0.0522. The molecular formula is C13H15NO2. The standard InChI is InChI=1S/C13H15NO2/c1-9(2)13(16)14-11(8-12(14)15)10-6-4-3-5-7-10/h3-7,9,11H,8H2,1-2H3/t11-/m0/s1. The highest BCUT2D eigenvalue weighted by Crippen LogP contribution is 2.35. The van der Waals surface area contributed by atoms with E-state index in [9.17, 15) is 9.59 Å². The van der Waals surface area contributed by atoms with Crippen molar-refractivity contribution in [1.29, 1.82) is 0 Å². The number of imide groups is 1. The first-order valence-corrected chi connectivity index (χ1v) is 5.52. The molecule has 1 atom stereocenters. The number of hydrogen-bond donors (Lipinski definition) is 0. The molecule has 1 aliphatic rings. The number of nitrogens with zero attached hydrogens (tertiary/aromatic N) is 1. The van der Waals surface area contributed by atoms with E-state index in [0.717, 1.165) is 5.56 Å². The number of amides is 2. The van der Waals surface area contributed by atoms with Gasteiger partial charge in [0.25, 0.3) is 0 Å². The molecule has 0 saturated carbocycles. The summed E-state index contributed by atoms with van der Waals surface area (Å²) in [5.41, 5.74) is 1.04. The maximum Gasteiger partial charge on any atom is 0.232 e. The molecule has 84 valence electrons. The maximum atomic E-state index is 11.8. The minimum atomic E-state index is -0.129. The summed E-state index contributed by atoms with van der Waals surface area (Å²) in [5.74, 6) is -0.270. The van der Waals surface area contributed by atoms with Gasteiger partial charge >= 0.3 is 0 Å². The van der Waals surface area contributed by atoms with Crippen molar-refractivity contribution in [3.8, 4) is 0 Å². The van der Waals surface area contributed by atoms with Gasteiger partial charge in [-0.25, -0.2) is 0 Å². The van der Waals surface area contributed by atoms with E-state index in [1.807, 2.05) is 44.2 Å². The van der Waals surface area contributed by atoms with Crippen LogP contribution in [0.2, 0.25) is 0 Å². The van der Waals surface area contributed by atoms with Crippen LogP contribution >= 0.6 is 0 Å². The Kier molecular flexibility index (Phi) is 2.77. The van der Waals surface area contributed by atoms with Crippen LogP contribution in [0.5, 0.6) is 0 Å². The molecule has 1 heterocycles. The van der Waals surface area contributed by atoms with Crippen LogP contribution in [-0.4, -0.2) is 16.7 Å². The summed E-state index contributed by atoms with van der Waals surface area (Å²) in [4.78, 5) is 24.7. The average Bonchev–Trinajstić information content (AvgIpc) is 2.26. The summed E-state index contributed by atoms with van der Waals surface area (Å²) in [6.45, 7) is 3.63. The molecule has 1 fully saturated rings. The Hall–Kier alpha value is -1.64. The third-order valence-electron chi connectivity index (χ3n) is 2.86. The molecule has 0 unspecified atom stereocenters. The first-order chi connectivity index (χ1) is 7.61. The predicted molar refractivity (Wildman–Crippen MR) is 60.5 cm³/mol. The molecule has 1 aliphatic heterocycles. The molecule has 3 heteroatoms. The first-order valence-electron chi connectivity index (χ1n) is 5.52. The van der Waals surface area contributed by atoms with Crippen LogP contribution in [0.4, 0.5) is 0 Å². The summed E-state index contributed by atoms with van der Waals surface area (Å²) in [7, 11) is 0. The second kappa shape index (κ2) is 4.08. The molecule has 1 saturated heterocycles. The molecule has 1 aromatic rings. The molecule has 2 amide bonds. The lowest BCUT2D eigenvalue weighted by molar-refractivity contribution is -0.160. The minimum Gasteiger partial charge on any atom is -0.274 e. The van der Waals surface area contributed by atoms with E-state index >= 15 is 0 Å². The lowest BCUT2D eigenvalue weighted by Crippen LogP contribution is -2.51. The normalized spacial score (nSPS) is 19.8. The van der Waals surface area contributed by atoms with Crippen LogP contribution < -0.4 is 0 Å². The highest BCUT2D eigenvalue weighted by Gasteiger charge is 2.41.